The molecule has 4 nitrogen and oxygen atoms in total. The lowest BCUT2D eigenvalue weighted by molar-refractivity contribution is 0.00290. The number of nitrogens with zero attached hydrogens (tertiary/aromatic N) is 1. The molecule has 5 rings (SSSR count). The van der Waals surface area contributed by atoms with E-state index in [9.17, 15) is 4.79 Å². The van der Waals surface area contributed by atoms with Crippen LogP contribution in [0.1, 0.15) is 43.2 Å². The second kappa shape index (κ2) is 6.93. The number of hydrogen-bond donors (Lipinski definition) is 2. The molecular weight excluding hydrogens is 346 g/mol. The maximum atomic E-state index is 12.5. The molecule has 2 aromatic carbocycles. The van der Waals surface area contributed by atoms with Gasteiger partial charge in [-0.1, -0.05) is 37.1 Å². The zero-order valence-corrected chi connectivity index (χ0v) is 16.6. The first-order chi connectivity index (χ1) is 13.7. The molecule has 3 aliphatic rings. The van der Waals surface area contributed by atoms with Crippen LogP contribution in [0.5, 0.6) is 0 Å². The van der Waals surface area contributed by atoms with Crippen LogP contribution in [-0.2, 0) is 11.8 Å². The van der Waals surface area contributed by atoms with Gasteiger partial charge in [-0.2, -0.15) is 0 Å². The monoisotopic (exact) mass is 375 g/mol. The van der Waals surface area contributed by atoms with Crippen molar-refractivity contribution in [2.24, 2.45) is 5.92 Å². The van der Waals surface area contributed by atoms with Crippen LogP contribution in [0.3, 0.4) is 0 Å². The lowest BCUT2D eigenvalue weighted by Gasteiger charge is -2.58. The molecule has 146 valence electrons. The van der Waals surface area contributed by atoms with Gasteiger partial charge in [-0.3, -0.25) is 0 Å². The first kappa shape index (κ1) is 17.7. The molecule has 1 aliphatic heterocycles. The number of carbonyl (C=O) groups is 1. The Morgan fingerprint density at radius 2 is 1.86 bits per heavy atom. The molecule has 4 heteroatoms. The van der Waals surface area contributed by atoms with Gasteiger partial charge in [0.25, 0.3) is 0 Å². The average molecular weight is 376 g/mol. The van der Waals surface area contributed by atoms with Crippen LogP contribution in [0, 0.1) is 5.92 Å². The summed E-state index contributed by atoms with van der Waals surface area (Å²) in [7, 11) is 2.30. The van der Waals surface area contributed by atoms with E-state index in [1.165, 1.54) is 49.8 Å². The zero-order valence-electron chi connectivity index (χ0n) is 16.6. The Labute approximate surface area is 167 Å². The van der Waals surface area contributed by atoms with Gasteiger partial charge in [-0.05, 0) is 80.6 Å². The zero-order chi connectivity index (χ0) is 19.1. The van der Waals surface area contributed by atoms with Crippen LogP contribution in [0.25, 0.3) is 0 Å². The number of likely N-dealkylation sites (N-methyl/N-ethyl adjacent to an activating group) is 1. The molecule has 28 heavy (non-hydrogen) atoms. The SMILES string of the molecule is CN1CCC23CCCCC2C1Cc1ccc(NC(=O)Nc2ccccc2)cc13. The molecule has 0 spiro atoms. The van der Waals surface area contributed by atoms with E-state index in [0.717, 1.165) is 23.7 Å². The predicted molar refractivity (Wildman–Crippen MR) is 114 cm³/mol. The van der Waals surface area contributed by atoms with Crippen LogP contribution in [0.2, 0.25) is 0 Å². The highest BCUT2D eigenvalue weighted by Crippen LogP contribution is 2.55. The van der Waals surface area contributed by atoms with Crippen molar-refractivity contribution < 1.29 is 4.79 Å². The second-order valence-corrected chi connectivity index (χ2v) is 8.83. The van der Waals surface area contributed by atoms with Gasteiger partial charge in [0.1, 0.15) is 0 Å². The number of carbonyl (C=O) groups excluding carboxylic acids is 1. The molecule has 1 heterocycles. The minimum absolute atomic E-state index is 0.180. The number of fused-ring (bicyclic) bond motifs is 1. The number of likely N-dealkylation sites (tertiary alicyclic amines) is 1. The van der Waals surface area contributed by atoms with Crippen LogP contribution in [-0.4, -0.2) is 30.6 Å². The minimum atomic E-state index is -0.180. The van der Waals surface area contributed by atoms with Gasteiger partial charge >= 0.3 is 6.03 Å². The van der Waals surface area contributed by atoms with E-state index in [0.29, 0.717) is 11.5 Å². The molecule has 2 aromatic rings. The predicted octanol–water partition coefficient (Wildman–Crippen LogP) is 5.02. The topological polar surface area (TPSA) is 44.4 Å². The molecule has 2 N–H and O–H groups in total. The number of rotatable bonds is 2. The van der Waals surface area contributed by atoms with Crippen LogP contribution in [0.15, 0.2) is 48.5 Å². The first-order valence-corrected chi connectivity index (χ1v) is 10.6. The van der Waals surface area contributed by atoms with Crippen molar-refractivity contribution in [2.75, 3.05) is 24.2 Å². The number of amides is 2. The summed E-state index contributed by atoms with van der Waals surface area (Å²) < 4.78 is 0. The van der Waals surface area contributed by atoms with Crippen molar-refractivity contribution in [1.82, 2.24) is 4.90 Å². The Kier molecular flexibility index (Phi) is 4.39. The average Bonchev–Trinajstić information content (AvgIpc) is 2.72. The number of nitrogens with one attached hydrogen (secondary N) is 2. The summed E-state index contributed by atoms with van der Waals surface area (Å²) in [5.74, 6) is 0.765. The highest BCUT2D eigenvalue weighted by molar-refractivity contribution is 5.99. The van der Waals surface area contributed by atoms with Gasteiger partial charge in [-0.25, -0.2) is 4.79 Å². The fourth-order valence-corrected chi connectivity index (χ4v) is 6.09. The summed E-state index contributed by atoms with van der Waals surface area (Å²) in [6.45, 7) is 1.19. The molecule has 0 aromatic heterocycles. The number of hydrogen-bond acceptors (Lipinski definition) is 2. The maximum Gasteiger partial charge on any atom is 0.323 e. The Balaban J connectivity index is 1.43. The van der Waals surface area contributed by atoms with Crippen molar-refractivity contribution in [1.29, 1.82) is 0 Å². The third-order valence-electron chi connectivity index (χ3n) is 7.40. The van der Waals surface area contributed by atoms with Gasteiger partial charge in [0.15, 0.2) is 0 Å². The smallest absolute Gasteiger partial charge is 0.308 e. The van der Waals surface area contributed by atoms with Crippen molar-refractivity contribution in [3.05, 3.63) is 59.7 Å². The third-order valence-corrected chi connectivity index (χ3v) is 7.40. The maximum absolute atomic E-state index is 12.5. The number of para-hydroxylation sites is 1. The molecule has 3 atom stereocenters. The molecule has 2 bridgehead atoms. The molecule has 3 unspecified atom stereocenters. The van der Waals surface area contributed by atoms with Gasteiger partial charge in [0.2, 0.25) is 0 Å². The summed E-state index contributed by atoms with van der Waals surface area (Å²) >= 11 is 0. The number of anilines is 2. The Morgan fingerprint density at radius 1 is 1.04 bits per heavy atom. The summed E-state index contributed by atoms with van der Waals surface area (Å²) in [4.78, 5) is 15.1. The second-order valence-electron chi connectivity index (χ2n) is 8.83. The Morgan fingerprint density at radius 3 is 2.71 bits per heavy atom. The lowest BCUT2D eigenvalue weighted by atomic mass is 9.52. The first-order valence-electron chi connectivity index (χ1n) is 10.6. The summed E-state index contributed by atoms with van der Waals surface area (Å²) in [6.07, 6.45) is 7.74. The van der Waals surface area contributed by atoms with E-state index in [2.05, 4.69) is 40.8 Å². The summed E-state index contributed by atoms with van der Waals surface area (Å²) in [5.41, 5.74) is 5.03. The van der Waals surface area contributed by atoms with Crippen molar-refractivity contribution in [3.8, 4) is 0 Å². The van der Waals surface area contributed by atoms with Crippen molar-refractivity contribution in [2.45, 2.75) is 50.0 Å². The lowest BCUT2D eigenvalue weighted by Crippen LogP contribution is -2.59. The highest BCUT2D eigenvalue weighted by Gasteiger charge is 2.52. The molecule has 2 aliphatic carbocycles. The van der Waals surface area contributed by atoms with Gasteiger partial charge in [0, 0.05) is 22.8 Å². The van der Waals surface area contributed by atoms with Gasteiger partial charge in [-0.15, -0.1) is 0 Å². The van der Waals surface area contributed by atoms with Crippen LogP contribution in [0.4, 0.5) is 16.2 Å². The van der Waals surface area contributed by atoms with E-state index in [1.807, 2.05) is 30.3 Å². The number of benzene rings is 2. The van der Waals surface area contributed by atoms with Crippen LogP contribution < -0.4 is 10.6 Å². The quantitative estimate of drug-likeness (QED) is 0.774. The van der Waals surface area contributed by atoms with E-state index in [4.69, 9.17) is 0 Å². The van der Waals surface area contributed by atoms with Gasteiger partial charge in [0.05, 0.1) is 0 Å². The molecule has 1 saturated heterocycles. The molecule has 2 amide bonds. The standard InChI is InChI=1S/C24H29N3O/c1-27-14-13-24-12-6-5-9-20(24)22(27)15-17-10-11-19(16-21(17)24)26-23(28)25-18-7-3-2-4-8-18/h2-4,7-8,10-11,16,20,22H,5-6,9,12-15H2,1H3,(H2,25,26,28). The van der Waals surface area contributed by atoms with E-state index < -0.39 is 0 Å². The Bertz CT molecular complexity index is 881. The highest BCUT2D eigenvalue weighted by atomic mass is 16.2. The molecule has 0 radical (unpaired) electrons. The van der Waals surface area contributed by atoms with Crippen molar-refractivity contribution >= 4 is 17.4 Å². The largest absolute Gasteiger partial charge is 0.323 e. The van der Waals surface area contributed by atoms with Crippen molar-refractivity contribution in [3.63, 3.8) is 0 Å². The summed E-state index contributed by atoms with van der Waals surface area (Å²) in [5, 5.41) is 5.97. The van der Waals surface area contributed by atoms with E-state index in [-0.39, 0.29) is 6.03 Å². The Hall–Kier alpha value is -2.33. The fraction of sp³-hybridized carbons (Fsp3) is 0.458. The third kappa shape index (κ3) is 2.91. The number of piperidine rings is 1. The van der Waals surface area contributed by atoms with E-state index >= 15 is 0 Å². The van der Waals surface area contributed by atoms with Gasteiger partial charge < -0.3 is 15.5 Å². The molecular formula is C24H29N3O. The number of urea groups is 1. The fourth-order valence-electron chi connectivity index (χ4n) is 6.09. The summed E-state index contributed by atoms with van der Waals surface area (Å²) in [6, 6.07) is 16.7. The normalized spacial score (nSPS) is 28.8. The van der Waals surface area contributed by atoms with Crippen LogP contribution >= 0.6 is 0 Å². The minimum Gasteiger partial charge on any atom is -0.308 e. The van der Waals surface area contributed by atoms with E-state index in [1.54, 1.807) is 0 Å². The molecule has 1 saturated carbocycles. The molecule has 2 fully saturated rings.